The number of ether oxygens (including phenoxy) is 1. The summed E-state index contributed by atoms with van der Waals surface area (Å²) in [6.07, 6.45) is 2.17. The number of nitrogens with zero attached hydrogens (tertiary/aromatic N) is 1. The first-order valence-corrected chi connectivity index (χ1v) is 7.06. The maximum Gasteiger partial charge on any atom is 0.220 e. The van der Waals surface area contributed by atoms with Gasteiger partial charge in [-0.2, -0.15) is 4.57 Å². The van der Waals surface area contributed by atoms with Gasteiger partial charge in [-0.25, -0.2) is 0 Å². The van der Waals surface area contributed by atoms with Crippen molar-refractivity contribution in [1.29, 1.82) is 0 Å². The second kappa shape index (κ2) is 4.45. The number of rotatable bonds is 1. The molecular weight excluding hydrogens is 258 g/mol. The Hall–Kier alpha value is -2.61. The van der Waals surface area contributed by atoms with Crippen molar-refractivity contribution in [3.05, 3.63) is 60.8 Å². The van der Waals surface area contributed by atoms with E-state index in [0.29, 0.717) is 0 Å². The van der Waals surface area contributed by atoms with Gasteiger partial charge in [0.25, 0.3) is 0 Å². The lowest BCUT2D eigenvalue weighted by atomic mass is 10.0. The topological polar surface area (TPSA) is 13.1 Å². The maximum absolute atomic E-state index is 5.34. The Morgan fingerprint density at radius 2 is 1.62 bits per heavy atom. The van der Waals surface area contributed by atoms with Gasteiger partial charge < -0.3 is 4.74 Å². The molecule has 0 amide bonds. The minimum Gasteiger partial charge on any atom is -0.497 e. The van der Waals surface area contributed by atoms with E-state index in [1.807, 2.05) is 6.07 Å². The van der Waals surface area contributed by atoms with Gasteiger partial charge in [-0.15, -0.1) is 0 Å². The molecule has 0 saturated heterocycles. The van der Waals surface area contributed by atoms with Crippen LogP contribution in [0, 0.1) is 0 Å². The first-order chi connectivity index (χ1) is 10.3. The molecule has 0 radical (unpaired) electrons. The Morgan fingerprint density at radius 1 is 0.810 bits per heavy atom. The molecule has 1 heterocycles. The fourth-order valence-electron chi connectivity index (χ4n) is 3.15. The van der Waals surface area contributed by atoms with Gasteiger partial charge in [0.15, 0.2) is 6.20 Å². The van der Waals surface area contributed by atoms with E-state index in [0.717, 1.165) is 5.75 Å². The van der Waals surface area contributed by atoms with Gasteiger partial charge in [0.05, 0.1) is 23.3 Å². The summed E-state index contributed by atoms with van der Waals surface area (Å²) in [5.41, 5.74) is 1.27. The summed E-state index contributed by atoms with van der Waals surface area (Å²) in [7, 11) is 3.81. The van der Waals surface area contributed by atoms with Crippen LogP contribution in [-0.2, 0) is 7.05 Å². The summed E-state index contributed by atoms with van der Waals surface area (Å²) in [4.78, 5) is 0. The number of aromatic nitrogens is 1. The second-order valence-corrected chi connectivity index (χ2v) is 5.38. The van der Waals surface area contributed by atoms with Crippen LogP contribution in [0.25, 0.3) is 32.4 Å². The van der Waals surface area contributed by atoms with Gasteiger partial charge in [-0.05, 0) is 35.7 Å². The summed E-state index contributed by atoms with van der Waals surface area (Å²) in [6, 6.07) is 19.2. The van der Waals surface area contributed by atoms with Crippen LogP contribution >= 0.6 is 0 Å². The highest BCUT2D eigenvalue weighted by Gasteiger charge is 2.14. The molecule has 0 unspecified atom stereocenters. The standard InChI is InChI=1S/C19H16NO/c1-20-12-14-11-15(21-2)8-10-16(14)18-9-7-13-5-3-4-6-17(13)19(18)20/h3-12H,1-2H3/q+1. The number of methoxy groups -OCH3 is 1. The van der Waals surface area contributed by atoms with E-state index >= 15 is 0 Å². The highest BCUT2D eigenvalue weighted by molar-refractivity contribution is 6.13. The van der Waals surface area contributed by atoms with E-state index in [2.05, 4.69) is 66.3 Å². The average Bonchev–Trinajstić information content (AvgIpc) is 2.53. The monoisotopic (exact) mass is 274 g/mol. The summed E-state index contributed by atoms with van der Waals surface area (Å²) in [6.45, 7) is 0. The van der Waals surface area contributed by atoms with Crippen LogP contribution in [0.2, 0.25) is 0 Å². The maximum atomic E-state index is 5.34. The van der Waals surface area contributed by atoms with Crippen LogP contribution in [0.1, 0.15) is 0 Å². The van der Waals surface area contributed by atoms with Crippen molar-refractivity contribution in [2.75, 3.05) is 7.11 Å². The van der Waals surface area contributed by atoms with Crippen molar-refractivity contribution >= 4 is 32.4 Å². The molecule has 0 aliphatic rings. The van der Waals surface area contributed by atoms with E-state index in [-0.39, 0.29) is 0 Å². The zero-order valence-corrected chi connectivity index (χ0v) is 12.1. The molecule has 102 valence electrons. The molecule has 2 nitrogen and oxygen atoms in total. The highest BCUT2D eigenvalue weighted by Crippen LogP contribution is 2.30. The molecule has 21 heavy (non-hydrogen) atoms. The molecule has 0 fully saturated rings. The van der Waals surface area contributed by atoms with Gasteiger partial charge in [0, 0.05) is 5.39 Å². The smallest absolute Gasteiger partial charge is 0.220 e. The van der Waals surface area contributed by atoms with Gasteiger partial charge in [0.2, 0.25) is 5.52 Å². The third-order valence-electron chi connectivity index (χ3n) is 4.13. The Bertz CT molecular complexity index is 989. The Kier molecular flexibility index (Phi) is 2.58. The fourth-order valence-corrected chi connectivity index (χ4v) is 3.15. The molecule has 2 heteroatoms. The summed E-state index contributed by atoms with van der Waals surface area (Å²) < 4.78 is 7.54. The average molecular weight is 274 g/mol. The number of hydrogen-bond acceptors (Lipinski definition) is 1. The molecule has 0 N–H and O–H groups in total. The minimum atomic E-state index is 0.891. The van der Waals surface area contributed by atoms with E-state index < -0.39 is 0 Å². The SMILES string of the molecule is COc1ccc2c(c1)c[n+](C)c1c3ccccc3ccc21. The molecule has 4 rings (SSSR count). The van der Waals surface area contributed by atoms with Gasteiger partial charge in [-0.3, -0.25) is 0 Å². The van der Waals surface area contributed by atoms with E-state index in [9.17, 15) is 0 Å². The van der Waals surface area contributed by atoms with Crippen molar-refractivity contribution in [1.82, 2.24) is 0 Å². The Balaban J connectivity index is 2.23. The summed E-state index contributed by atoms with van der Waals surface area (Å²) in [5, 5.41) is 6.29. The second-order valence-electron chi connectivity index (χ2n) is 5.38. The molecule has 0 spiro atoms. The quantitative estimate of drug-likeness (QED) is 0.378. The first-order valence-electron chi connectivity index (χ1n) is 7.06. The first kappa shape index (κ1) is 12.2. The molecule has 1 aromatic heterocycles. The fraction of sp³-hybridized carbons (Fsp3) is 0.105. The van der Waals surface area contributed by atoms with Crippen LogP contribution < -0.4 is 9.30 Å². The van der Waals surface area contributed by atoms with Crippen LogP contribution in [-0.4, -0.2) is 7.11 Å². The third-order valence-corrected chi connectivity index (χ3v) is 4.13. The van der Waals surface area contributed by atoms with Crippen LogP contribution in [0.3, 0.4) is 0 Å². The van der Waals surface area contributed by atoms with Crippen molar-refractivity contribution < 1.29 is 9.30 Å². The zero-order valence-electron chi connectivity index (χ0n) is 12.1. The predicted molar refractivity (Wildman–Crippen MR) is 86.7 cm³/mol. The number of aryl methyl sites for hydroxylation is 1. The summed E-state index contributed by atoms with van der Waals surface area (Å²) >= 11 is 0. The molecule has 0 bridgehead atoms. The van der Waals surface area contributed by atoms with Crippen molar-refractivity contribution in [2.45, 2.75) is 0 Å². The van der Waals surface area contributed by atoms with Crippen molar-refractivity contribution in [3.8, 4) is 5.75 Å². The van der Waals surface area contributed by atoms with E-state index in [4.69, 9.17) is 4.74 Å². The zero-order chi connectivity index (χ0) is 14.4. The number of hydrogen-bond donors (Lipinski definition) is 0. The van der Waals surface area contributed by atoms with Crippen LogP contribution in [0.15, 0.2) is 60.8 Å². The molecule has 0 saturated carbocycles. The van der Waals surface area contributed by atoms with Gasteiger partial charge >= 0.3 is 0 Å². The molecule has 3 aromatic carbocycles. The van der Waals surface area contributed by atoms with E-state index in [1.54, 1.807) is 7.11 Å². The third kappa shape index (κ3) is 1.76. The molecule has 4 aromatic rings. The molecule has 0 atom stereocenters. The lowest BCUT2D eigenvalue weighted by Crippen LogP contribution is -2.28. The van der Waals surface area contributed by atoms with Crippen LogP contribution in [0.4, 0.5) is 0 Å². The van der Waals surface area contributed by atoms with E-state index in [1.165, 1.54) is 32.4 Å². The summed E-state index contributed by atoms with van der Waals surface area (Å²) in [5.74, 6) is 0.891. The van der Waals surface area contributed by atoms with Gasteiger partial charge in [-0.1, -0.05) is 24.3 Å². The van der Waals surface area contributed by atoms with Crippen LogP contribution in [0.5, 0.6) is 5.75 Å². The minimum absolute atomic E-state index is 0.891. The molecular formula is C19H16NO+. The lowest BCUT2D eigenvalue weighted by molar-refractivity contribution is -0.642. The Morgan fingerprint density at radius 3 is 2.48 bits per heavy atom. The highest BCUT2D eigenvalue weighted by atomic mass is 16.5. The van der Waals surface area contributed by atoms with Gasteiger partial charge in [0.1, 0.15) is 12.8 Å². The molecule has 0 aliphatic heterocycles. The number of pyridine rings is 1. The lowest BCUT2D eigenvalue weighted by Gasteiger charge is -2.07. The van der Waals surface area contributed by atoms with Crippen molar-refractivity contribution in [3.63, 3.8) is 0 Å². The Labute approximate surface area is 123 Å². The number of fused-ring (bicyclic) bond motifs is 5. The largest absolute Gasteiger partial charge is 0.497 e. The predicted octanol–water partition coefficient (Wildman–Crippen LogP) is 3.98. The normalized spacial score (nSPS) is 11.3. The molecule has 0 aliphatic carbocycles. The van der Waals surface area contributed by atoms with Crippen molar-refractivity contribution in [2.24, 2.45) is 7.05 Å². The number of benzene rings is 3.